The average molecular weight is 236 g/mol. The van der Waals surface area contributed by atoms with Gasteiger partial charge in [-0.1, -0.05) is 0 Å². The Hall–Kier alpha value is -0.660. The smallest absolute Gasteiger partial charge is 0.318 e. The maximum Gasteiger partial charge on any atom is 0.318 e. The summed E-state index contributed by atoms with van der Waals surface area (Å²) in [4.78, 5) is 10.6. The van der Waals surface area contributed by atoms with Crippen LogP contribution in [0.4, 0.5) is 0 Å². The highest BCUT2D eigenvalue weighted by atomic mass is 32.2. The third-order valence-corrected chi connectivity index (χ3v) is 4.47. The molecule has 0 spiro atoms. The minimum absolute atomic E-state index is 0.341. The molecule has 0 amide bonds. The zero-order valence-corrected chi connectivity index (χ0v) is 9.70. The molecule has 0 atom stereocenters. The molecule has 0 aromatic carbocycles. The monoisotopic (exact) mass is 236 g/mol. The lowest BCUT2D eigenvalue weighted by molar-refractivity contribution is -0.137. The van der Waals surface area contributed by atoms with E-state index in [2.05, 4.69) is 0 Å². The second-order valence-corrected chi connectivity index (χ2v) is 5.67. The Balaban J connectivity index is 2.82. The van der Waals surface area contributed by atoms with Crippen LogP contribution in [-0.4, -0.2) is 53.8 Å². The molecule has 1 fully saturated rings. The summed E-state index contributed by atoms with van der Waals surface area (Å²) in [5.41, 5.74) is 0. The molecular weight excluding hydrogens is 220 g/mol. The molecule has 0 aromatic heterocycles. The summed E-state index contributed by atoms with van der Waals surface area (Å²) >= 11 is 0. The molecule has 0 aliphatic carbocycles. The lowest BCUT2D eigenvalue weighted by Crippen LogP contribution is -2.53. The minimum atomic E-state index is -3.57. The number of rotatable bonds is 5. The molecule has 1 saturated heterocycles. The van der Waals surface area contributed by atoms with Crippen LogP contribution in [-0.2, 0) is 15.0 Å². The van der Waals surface area contributed by atoms with E-state index in [1.165, 1.54) is 4.31 Å². The van der Waals surface area contributed by atoms with E-state index < -0.39 is 22.7 Å². The maximum absolute atomic E-state index is 11.9. The highest BCUT2D eigenvalue weighted by molar-refractivity contribution is 7.86. The molecule has 88 valence electrons. The van der Waals surface area contributed by atoms with Crippen molar-refractivity contribution < 1.29 is 18.3 Å². The molecule has 7 heteroatoms. The van der Waals surface area contributed by atoms with Crippen molar-refractivity contribution in [3.63, 3.8) is 0 Å². The lowest BCUT2D eigenvalue weighted by atomic mass is 10.3. The van der Waals surface area contributed by atoms with Crippen LogP contribution in [0.15, 0.2) is 0 Å². The summed E-state index contributed by atoms with van der Waals surface area (Å²) in [5, 5.41) is 8.64. The quantitative estimate of drug-likeness (QED) is 0.713. The van der Waals surface area contributed by atoms with E-state index in [0.717, 1.165) is 10.7 Å². The van der Waals surface area contributed by atoms with Crippen LogP contribution in [0, 0.1) is 0 Å². The van der Waals surface area contributed by atoms with Crippen molar-refractivity contribution in [3.8, 4) is 0 Å². The molecule has 1 heterocycles. The summed E-state index contributed by atoms with van der Waals surface area (Å²) in [6, 6.07) is -0.341. The normalized spacial score (nSPS) is 18.1. The van der Waals surface area contributed by atoms with Gasteiger partial charge in [0.25, 0.3) is 10.2 Å². The zero-order valence-electron chi connectivity index (χ0n) is 8.88. The minimum Gasteiger partial charge on any atom is -0.480 e. The first kappa shape index (κ1) is 12.4. The molecule has 1 rings (SSSR count). The summed E-state index contributed by atoms with van der Waals surface area (Å²) in [5.74, 6) is -1.13. The van der Waals surface area contributed by atoms with Gasteiger partial charge in [0.15, 0.2) is 0 Å². The topological polar surface area (TPSA) is 77.9 Å². The van der Waals surface area contributed by atoms with Gasteiger partial charge in [-0.15, -0.1) is 0 Å². The third kappa shape index (κ3) is 2.67. The molecule has 0 unspecified atom stereocenters. The number of nitrogens with zero attached hydrogens (tertiary/aromatic N) is 2. The second-order valence-electron chi connectivity index (χ2n) is 3.79. The fraction of sp³-hybridized carbons (Fsp3) is 0.875. The molecular formula is C8H16N2O4S. The summed E-state index contributed by atoms with van der Waals surface area (Å²) in [7, 11) is -3.57. The van der Waals surface area contributed by atoms with Crippen molar-refractivity contribution in [2.24, 2.45) is 0 Å². The average Bonchev–Trinajstić information content (AvgIpc) is 1.94. The van der Waals surface area contributed by atoms with E-state index >= 15 is 0 Å². The Morgan fingerprint density at radius 2 is 2.00 bits per heavy atom. The first-order valence-electron chi connectivity index (χ1n) is 4.84. The second kappa shape index (κ2) is 4.46. The highest BCUT2D eigenvalue weighted by Crippen LogP contribution is 2.18. The van der Waals surface area contributed by atoms with Gasteiger partial charge in [0.05, 0.1) is 0 Å². The number of carboxylic acids is 1. The van der Waals surface area contributed by atoms with E-state index in [9.17, 15) is 13.2 Å². The predicted molar refractivity (Wildman–Crippen MR) is 54.6 cm³/mol. The van der Waals surface area contributed by atoms with Gasteiger partial charge in [-0.25, -0.2) is 0 Å². The van der Waals surface area contributed by atoms with Crippen LogP contribution in [0.25, 0.3) is 0 Å². The Morgan fingerprint density at radius 1 is 1.47 bits per heavy atom. The number of carboxylic acid groups (broad SMARTS) is 1. The van der Waals surface area contributed by atoms with Crippen LogP contribution in [0.5, 0.6) is 0 Å². The van der Waals surface area contributed by atoms with E-state index in [-0.39, 0.29) is 6.04 Å². The summed E-state index contributed by atoms with van der Waals surface area (Å²) in [6.07, 6.45) is 0.845. The summed E-state index contributed by atoms with van der Waals surface area (Å²) in [6.45, 7) is 3.84. The van der Waals surface area contributed by atoms with Crippen molar-refractivity contribution in [2.45, 2.75) is 26.3 Å². The Kier molecular flexibility index (Phi) is 3.69. The maximum atomic E-state index is 11.9. The van der Waals surface area contributed by atoms with Gasteiger partial charge in [-0.3, -0.25) is 4.79 Å². The molecule has 15 heavy (non-hydrogen) atoms. The molecule has 6 nitrogen and oxygen atoms in total. The van der Waals surface area contributed by atoms with Crippen molar-refractivity contribution in [2.75, 3.05) is 19.6 Å². The third-order valence-electron chi connectivity index (χ3n) is 2.30. The molecule has 0 radical (unpaired) electrons. The van der Waals surface area contributed by atoms with Crippen LogP contribution in [0.1, 0.15) is 20.3 Å². The molecule has 0 bridgehead atoms. The highest BCUT2D eigenvalue weighted by Gasteiger charge is 2.35. The van der Waals surface area contributed by atoms with Gasteiger partial charge in [0, 0.05) is 19.1 Å². The fourth-order valence-electron chi connectivity index (χ4n) is 1.33. The van der Waals surface area contributed by atoms with Crippen LogP contribution in [0.2, 0.25) is 0 Å². The van der Waals surface area contributed by atoms with Crippen molar-refractivity contribution in [1.82, 2.24) is 8.61 Å². The van der Waals surface area contributed by atoms with E-state index in [0.29, 0.717) is 13.1 Å². The standard InChI is InChI=1S/C8H16N2O4S/c1-7(2)10(6-8(11)12)15(13,14)9-4-3-5-9/h7H,3-6H2,1-2H3,(H,11,12). The van der Waals surface area contributed by atoms with Gasteiger partial charge in [-0.05, 0) is 20.3 Å². The number of hydrogen-bond donors (Lipinski definition) is 1. The van der Waals surface area contributed by atoms with Gasteiger partial charge in [0.2, 0.25) is 0 Å². The van der Waals surface area contributed by atoms with E-state index in [1.54, 1.807) is 13.8 Å². The van der Waals surface area contributed by atoms with Crippen LogP contribution in [0.3, 0.4) is 0 Å². The number of hydrogen-bond acceptors (Lipinski definition) is 3. The first-order chi connectivity index (χ1) is 6.85. The zero-order chi connectivity index (χ0) is 11.6. The summed E-state index contributed by atoms with van der Waals surface area (Å²) < 4.78 is 26.1. The Labute approximate surface area is 89.7 Å². The molecule has 0 saturated carbocycles. The molecule has 1 N–H and O–H groups in total. The van der Waals surface area contributed by atoms with Crippen molar-refractivity contribution in [3.05, 3.63) is 0 Å². The van der Waals surface area contributed by atoms with Crippen molar-refractivity contribution in [1.29, 1.82) is 0 Å². The van der Waals surface area contributed by atoms with Gasteiger partial charge in [-0.2, -0.15) is 17.0 Å². The van der Waals surface area contributed by atoms with Crippen LogP contribution >= 0.6 is 0 Å². The fourth-order valence-corrected chi connectivity index (χ4v) is 3.15. The van der Waals surface area contributed by atoms with Crippen molar-refractivity contribution >= 4 is 16.2 Å². The first-order valence-corrected chi connectivity index (χ1v) is 6.24. The van der Waals surface area contributed by atoms with E-state index in [1.807, 2.05) is 0 Å². The predicted octanol–water partition coefficient (Wildman–Crippen LogP) is -0.268. The van der Waals surface area contributed by atoms with Gasteiger partial charge in [0.1, 0.15) is 6.54 Å². The number of aliphatic carboxylic acids is 1. The van der Waals surface area contributed by atoms with Gasteiger partial charge < -0.3 is 5.11 Å². The Bertz CT molecular complexity index is 335. The molecule has 1 aliphatic rings. The SMILES string of the molecule is CC(C)N(CC(=O)O)S(=O)(=O)N1CCC1. The van der Waals surface area contributed by atoms with E-state index in [4.69, 9.17) is 5.11 Å². The molecule has 0 aromatic rings. The largest absolute Gasteiger partial charge is 0.480 e. The van der Waals surface area contributed by atoms with Gasteiger partial charge >= 0.3 is 5.97 Å². The van der Waals surface area contributed by atoms with Crippen LogP contribution < -0.4 is 0 Å². The number of carbonyl (C=O) groups is 1. The Morgan fingerprint density at radius 3 is 2.27 bits per heavy atom. The molecule has 1 aliphatic heterocycles. The lowest BCUT2D eigenvalue weighted by Gasteiger charge is -2.35.